The molecular weight excluding hydrogens is 396 g/mol. The lowest BCUT2D eigenvalue weighted by molar-refractivity contribution is 0.102. The second kappa shape index (κ2) is 9.75. The van der Waals surface area contributed by atoms with Crippen molar-refractivity contribution in [1.82, 2.24) is 4.31 Å². The number of hydrogen-bond donors (Lipinski definition) is 1. The third-order valence-corrected chi connectivity index (χ3v) is 7.91. The molecule has 2 aromatic carbocycles. The molecule has 1 heterocycles. The SMILES string of the molecule is CCc1cccc(CC)c1NC(=O)c1ccc(C)c(S(=O)(=O)N2CCCCCC2)c1. The zero-order valence-corrected chi connectivity index (χ0v) is 19.0. The summed E-state index contributed by atoms with van der Waals surface area (Å²) >= 11 is 0. The average molecular weight is 429 g/mol. The molecule has 0 spiro atoms. The molecule has 0 bridgehead atoms. The van der Waals surface area contributed by atoms with Gasteiger partial charge < -0.3 is 5.32 Å². The average Bonchev–Trinajstić information content (AvgIpc) is 3.04. The highest BCUT2D eigenvalue weighted by molar-refractivity contribution is 7.89. The molecule has 162 valence electrons. The minimum Gasteiger partial charge on any atom is -0.321 e. The van der Waals surface area contributed by atoms with E-state index in [-0.39, 0.29) is 10.8 Å². The smallest absolute Gasteiger partial charge is 0.255 e. The van der Waals surface area contributed by atoms with Crippen molar-refractivity contribution >= 4 is 21.6 Å². The number of hydrogen-bond acceptors (Lipinski definition) is 3. The number of aryl methyl sites for hydroxylation is 3. The first-order valence-corrected chi connectivity index (χ1v) is 12.4. The number of anilines is 1. The summed E-state index contributed by atoms with van der Waals surface area (Å²) in [6, 6.07) is 11.0. The van der Waals surface area contributed by atoms with Gasteiger partial charge in [-0.3, -0.25) is 4.79 Å². The molecule has 2 aromatic rings. The van der Waals surface area contributed by atoms with Crippen molar-refractivity contribution < 1.29 is 13.2 Å². The van der Waals surface area contributed by atoms with Crippen molar-refractivity contribution in [1.29, 1.82) is 0 Å². The Hall–Kier alpha value is -2.18. The first-order valence-electron chi connectivity index (χ1n) is 10.9. The number of benzene rings is 2. The van der Waals surface area contributed by atoms with Crippen LogP contribution < -0.4 is 5.32 Å². The molecule has 6 heteroatoms. The van der Waals surface area contributed by atoms with Crippen molar-refractivity contribution in [3.63, 3.8) is 0 Å². The number of amides is 1. The first-order chi connectivity index (χ1) is 14.4. The lowest BCUT2D eigenvalue weighted by atomic mass is 10.0. The van der Waals surface area contributed by atoms with Gasteiger partial charge in [0.05, 0.1) is 4.90 Å². The van der Waals surface area contributed by atoms with Crippen LogP contribution in [0.5, 0.6) is 0 Å². The molecular formula is C24H32N2O3S. The Kier molecular flexibility index (Phi) is 7.32. The summed E-state index contributed by atoms with van der Waals surface area (Å²) < 4.78 is 28.2. The Labute approximate surface area is 180 Å². The zero-order chi connectivity index (χ0) is 21.7. The third-order valence-electron chi connectivity index (χ3n) is 5.87. The third kappa shape index (κ3) is 4.76. The maximum Gasteiger partial charge on any atom is 0.255 e. The van der Waals surface area contributed by atoms with E-state index in [9.17, 15) is 13.2 Å². The van der Waals surface area contributed by atoms with Crippen LogP contribution in [0.2, 0.25) is 0 Å². The quantitative estimate of drug-likeness (QED) is 0.709. The highest BCUT2D eigenvalue weighted by atomic mass is 32.2. The fourth-order valence-corrected chi connectivity index (χ4v) is 5.80. The molecule has 1 aliphatic heterocycles. The first kappa shape index (κ1) is 22.5. The fourth-order valence-electron chi connectivity index (χ4n) is 4.03. The normalized spacial score (nSPS) is 15.6. The molecule has 1 fully saturated rings. The maximum atomic E-state index is 13.3. The monoisotopic (exact) mass is 428 g/mol. The molecule has 3 rings (SSSR count). The van der Waals surface area contributed by atoms with Gasteiger partial charge in [-0.25, -0.2) is 8.42 Å². The van der Waals surface area contributed by atoms with Gasteiger partial charge in [0.2, 0.25) is 10.0 Å². The summed E-state index contributed by atoms with van der Waals surface area (Å²) in [4.78, 5) is 13.3. The van der Waals surface area contributed by atoms with Crippen molar-refractivity contribution in [2.75, 3.05) is 18.4 Å². The molecule has 1 aliphatic rings. The molecule has 1 saturated heterocycles. The van der Waals surface area contributed by atoms with Gasteiger partial charge in [0.15, 0.2) is 0 Å². The Morgan fingerprint density at radius 1 is 0.967 bits per heavy atom. The summed E-state index contributed by atoms with van der Waals surface area (Å²) in [5.74, 6) is -0.280. The van der Waals surface area contributed by atoms with Crippen LogP contribution in [0, 0.1) is 6.92 Å². The molecule has 30 heavy (non-hydrogen) atoms. The Morgan fingerprint density at radius 2 is 1.57 bits per heavy atom. The lowest BCUT2D eigenvalue weighted by Gasteiger charge is -2.21. The van der Waals surface area contributed by atoms with Gasteiger partial charge in [-0.2, -0.15) is 4.31 Å². The van der Waals surface area contributed by atoms with Crippen LogP contribution in [0.15, 0.2) is 41.3 Å². The van der Waals surface area contributed by atoms with Gasteiger partial charge in [-0.15, -0.1) is 0 Å². The van der Waals surface area contributed by atoms with Gasteiger partial charge in [0, 0.05) is 24.3 Å². The van der Waals surface area contributed by atoms with E-state index >= 15 is 0 Å². The summed E-state index contributed by atoms with van der Waals surface area (Å²) in [7, 11) is -3.62. The standard InChI is InChI=1S/C24H32N2O3S/c1-4-19-11-10-12-20(5-2)23(19)25-24(27)21-14-13-18(3)22(17-21)30(28,29)26-15-8-6-7-9-16-26/h10-14,17H,4-9,15-16H2,1-3H3,(H,25,27). The van der Waals surface area contributed by atoms with E-state index in [1.807, 2.05) is 18.2 Å². The Morgan fingerprint density at radius 3 is 2.13 bits per heavy atom. The minimum atomic E-state index is -3.62. The minimum absolute atomic E-state index is 0.233. The molecule has 5 nitrogen and oxygen atoms in total. The second-order valence-electron chi connectivity index (χ2n) is 7.91. The van der Waals surface area contributed by atoms with Crippen LogP contribution in [0.25, 0.3) is 0 Å². The predicted octanol–water partition coefficient (Wildman–Crippen LogP) is 4.94. The van der Waals surface area contributed by atoms with Crippen molar-refractivity contribution in [3.8, 4) is 0 Å². The van der Waals surface area contributed by atoms with Crippen molar-refractivity contribution in [2.24, 2.45) is 0 Å². The second-order valence-corrected chi connectivity index (χ2v) is 9.82. The van der Waals surface area contributed by atoms with Crippen molar-refractivity contribution in [2.45, 2.75) is 64.2 Å². The number of nitrogens with zero attached hydrogens (tertiary/aromatic N) is 1. The van der Waals surface area contributed by atoms with Gasteiger partial charge in [0.25, 0.3) is 5.91 Å². The van der Waals surface area contributed by atoms with Gasteiger partial charge >= 0.3 is 0 Å². The van der Waals surface area contributed by atoms with E-state index in [0.29, 0.717) is 24.2 Å². The summed E-state index contributed by atoms with van der Waals surface area (Å²) in [5.41, 5.74) is 4.02. The number of para-hydroxylation sites is 1. The van der Waals surface area contributed by atoms with E-state index in [0.717, 1.165) is 55.3 Å². The Balaban J connectivity index is 1.93. The van der Waals surface area contributed by atoms with E-state index in [4.69, 9.17) is 0 Å². The summed E-state index contributed by atoms with van der Waals surface area (Å²) in [5, 5.41) is 3.04. The number of carbonyl (C=O) groups excluding carboxylic acids is 1. The zero-order valence-electron chi connectivity index (χ0n) is 18.2. The van der Waals surface area contributed by atoms with E-state index in [2.05, 4.69) is 19.2 Å². The molecule has 1 amide bonds. The highest BCUT2D eigenvalue weighted by Crippen LogP contribution is 2.26. The van der Waals surface area contributed by atoms with Crippen LogP contribution in [0.3, 0.4) is 0 Å². The largest absolute Gasteiger partial charge is 0.321 e. The topological polar surface area (TPSA) is 66.5 Å². The van der Waals surface area contributed by atoms with Crippen LogP contribution in [-0.2, 0) is 22.9 Å². The number of sulfonamides is 1. The molecule has 0 saturated carbocycles. The van der Waals surface area contributed by atoms with Gasteiger partial charge in [-0.05, 0) is 61.4 Å². The predicted molar refractivity (Wildman–Crippen MR) is 122 cm³/mol. The van der Waals surface area contributed by atoms with E-state index in [1.54, 1.807) is 23.4 Å². The van der Waals surface area contributed by atoms with Gasteiger partial charge in [0.1, 0.15) is 0 Å². The van der Waals surface area contributed by atoms with Crippen LogP contribution in [0.4, 0.5) is 5.69 Å². The molecule has 1 N–H and O–H groups in total. The lowest BCUT2D eigenvalue weighted by Crippen LogP contribution is -2.32. The molecule has 0 radical (unpaired) electrons. The number of carbonyl (C=O) groups is 1. The van der Waals surface area contributed by atoms with Crippen LogP contribution >= 0.6 is 0 Å². The van der Waals surface area contributed by atoms with Crippen LogP contribution in [0.1, 0.15) is 66.6 Å². The van der Waals surface area contributed by atoms with Gasteiger partial charge in [-0.1, -0.05) is 51.0 Å². The van der Waals surface area contributed by atoms with E-state index < -0.39 is 10.0 Å². The fraction of sp³-hybridized carbons (Fsp3) is 0.458. The molecule has 0 aliphatic carbocycles. The summed E-state index contributed by atoms with van der Waals surface area (Å²) in [6.07, 6.45) is 5.50. The summed E-state index contributed by atoms with van der Waals surface area (Å²) in [6.45, 7) is 6.99. The Bertz CT molecular complexity index is 985. The van der Waals surface area contributed by atoms with Crippen molar-refractivity contribution in [3.05, 3.63) is 58.7 Å². The van der Waals surface area contributed by atoms with E-state index in [1.165, 1.54) is 6.07 Å². The molecule has 0 aromatic heterocycles. The van der Waals surface area contributed by atoms with Crippen LogP contribution in [-0.4, -0.2) is 31.7 Å². The number of rotatable bonds is 6. The molecule has 0 atom stereocenters. The number of nitrogens with one attached hydrogen (secondary N) is 1. The maximum absolute atomic E-state index is 13.3. The molecule has 0 unspecified atom stereocenters. The highest BCUT2D eigenvalue weighted by Gasteiger charge is 2.27.